The standard InChI is InChI=1S/C14H13BrFNO2/c1-19-14-5-2-9(8-17-14)6-13(18)11-7-10(15)3-4-12(11)16/h2-5,7-8,13,18H,6H2,1H3. The lowest BCUT2D eigenvalue weighted by molar-refractivity contribution is 0.173. The van der Waals surface area contributed by atoms with Crippen LogP contribution in [0, 0.1) is 5.82 Å². The summed E-state index contributed by atoms with van der Waals surface area (Å²) >= 11 is 3.26. The summed E-state index contributed by atoms with van der Waals surface area (Å²) in [5, 5.41) is 10.1. The predicted octanol–water partition coefficient (Wildman–Crippen LogP) is 3.27. The van der Waals surface area contributed by atoms with Gasteiger partial charge in [-0.05, 0) is 23.8 Å². The second kappa shape index (κ2) is 6.12. The molecule has 0 aliphatic heterocycles. The van der Waals surface area contributed by atoms with Crippen molar-refractivity contribution in [2.75, 3.05) is 7.11 Å². The van der Waals surface area contributed by atoms with Crippen LogP contribution in [0.3, 0.4) is 0 Å². The minimum atomic E-state index is -0.910. The third kappa shape index (κ3) is 3.52. The van der Waals surface area contributed by atoms with Crippen LogP contribution in [0.4, 0.5) is 4.39 Å². The van der Waals surface area contributed by atoms with Crippen molar-refractivity contribution in [3.8, 4) is 5.88 Å². The number of methoxy groups -OCH3 is 1. The summed E-state index contributed by atoms with van der Waals surface area (Å²) in [4.78, 5) is 4.05. The van der Waals surface area contributed by atoms with Gasteiger partial charge in [0, 0.05) is 28.7 Å². The first kappa shape index (κ1) is 14.0. The predicted molar refractivity (Wildman–Crippen MR) is 73.6 cm³/mol. The van der Waals surface area contributed by atoms with Crippen LogP contribution in [0.5, 0.6) is 5.88 Å². The quantitative estimate of drug-likeness (QED) is 0.938. The molecule has 0 saturated heterocycles. The van der Waals surface area contributed by atoms with Gasteiger partial charge in [-0.1, -0.05) is 22.0 Å². The molecule has 1 atom stereocenters. The number of rotatable bonds is 4. The maximum Gasteiger partial charge on any atom is 0.212 e. The molecule has 0 saturated carbocycles. The maximum atomic E-state index is 13.6. The van der Waals surface area contributed by atoms with E-state index in [1.807, 2.05) is 0 Å². The molecule has 0 amide bonds. The van der Waals surface area contributed by atoms with Crippen LogP contribution in [-0.4, -0.2) is 17.2 Å². The lowest BCUT2D eigenvalue weighted by Crippen LogP contribution is -2.05. The summed E-state index contributed by atoms with van der Waals surface area (Å²) in [6.45, 7) is 0. The number of aliphatic hydroxyl groups excluding tert-OH is 1. The van der Waals surface area contributed by atoms with Gasteiger partial charge in [-0.15, -0.1) is 0 Å². The van der Waals surface area contributed by atoms with Crippen LogP contribution in [-0.2, 0) is 6.42 Å². The molecule has 19 heavy (non-hydrogen) atoms. The van der Waals surface area contributed by atoms with Crippen LogP contribution in [0.1, 0.15) is 17.2 Å². The molecule has 1 N–H and O–H groups in total. The summed E-state index contributed by atoms with van der Waals surface area (Å²) in [6, 6.07) is 8.01. The molecule has 0 aliphatic carbocycles. The fourth-order valence-corrected chi connectivity index (χ4v) is 2.13. The van der Waals surface area contributed by atoms with Crippen molar-refractivity contribution in [1.82, 2.24) is 4.98 Å². The van der Waals surface area contributed by atoms with Gasteiger partial charge in [0.2, 0.25) is 5.88 Å². The van der Waals surface area contributed by atoms with Crippen molar-refractivity contribution in [2.24, 2.45) is 0 Å². The number of hydrogen-bond donors (Lipinski definition) is 1. The molecule has 0 fully saturated rings. The molecule has 1 aromatic carbocycles. The number of nitrogens with zero attached hydrogens (tertiary/aromatic N) is 1. The van der Waals surface area contributed by atoms with Crippen molar-refractivity contribution in [3.63, 3.8) is 0 Å². The van der Waals surface area contributed by atoms with Crippen LogP contribution >= 0.6 is 15.9 Å². The van der Waals surface area contributed by atoms with Crippen molar-refractivity contribution in [3.05, 3.63) is 57.9 Å². The SMILES string of the molecule is COc1ccc(CC(O)c2cc(Br)ccc2F)cn1. The van der Waals surface area contributed by atoms with E-state index in [-0.39, 0.29) is 5.56 Å². The summed E-state index contributed by atoms with van der Waals surface area (Å²) in [5.74, 6) is 0.0871. The molecular formula is C14H13BrFNO2. The number of aromatic nitrogens is 1. The third-order valence-electron chi connectivity index (χ3n) is 2.75. The van der Waals surface area contributed by atoms with Gasteiger partial charge in [-0.3, -0.25) is 0 Å². The number of benzene rings is 1. The second-order valence-electron chi connectivity index (χ2n) is 4.09. The fraction of sp³-hybridized carbons (Fsp3) is 0.214. The van der Waals surface area contributed by atoms with Gasteiger partial charge >= 0.3 is 0 Å². The summed E-state index contributed by atoms with van der Waals surface area (Å²) in [5.41, 5.74) is 1.08. The topological polar surface area (TPSA) is 42.4 Å². The zero-order chi connectivity index (χ0) is 13.8. The lowest BCUT2D eigenvalue weighted by atomic mass is 10.0. The minimum absolute atomic E-state index is 0.269. The highest BCUT2D eigenvalue weighted by Crippen LogP contribution is 2.24. The molecule has 1 unspecified atom stereocenters. The van der Waals surface area contributed by atoms with Crippen LogP contribution < -0.4 is 4.74 Å². The van der Waals surface area contributed by atoms with Crippen LogP contribution in [0.2, 0.25) is 0 Å². The smallest absolute Gasteiger partial charge is 0.212 e. The van der Waals surface area contributed by atoms with Crippen LogP contribution in [0.25, 0.3) is 0 Å². The Bertz CT molecular complexity index is 560. The average Bonchev–Trinajstić information content (AvgIpc) is 2.42. The second-order valence-corrected chi connectivity index (χ2v) is 5.01. The normalized spacial score (nSPS) is 12.2. The number of aliphatic hydroxyl groups is 1. The molecular weight excluding hydrogens is 313 g/mol. The Morgan fingerprint density at radius 3 is 2.79 bits per heavy atom. The number of ether oxygens (including phenoxy) is 1. The van der Waals surface area contributed by atoms with E-state index in [9.17, 15) is 9.50 Å². The van der Waals surface area contributed by atoms with E-state index < -0.39 is 11.9 Å². The molecule has 3 nitrogen and oxygen atoms in total. The van der Waals surface area contributed by atoms with Gasteiger partial charge < -0.3 is 9.84 Å². The largest absolute Gasteiger partial charge is 0.481 e. The highest BCUT2D eigenvalue weighted by Gasteiger charge is 2.14. The van der Waals surface area contributed by atoms with E-state index in [2.05, 4.69) is 20.9 Å². The molecule has 0 spiro atoms. The zero-order valence-electron chi connectivity index (χ0n) is 10.3. The fourth-order valence-electron chi connectivity index (χ4n) is 1.76. The average molecular weight is 326 g/mol. The van der Waals surface area contributed by atoms with Gasteiger partial charge in [0.15, 0.2) is 0 Å². The molecule has 2 aromatic rings. The van der Waals surface area contributed by atoms with Crippen molar-refractivity contribution in [2.45, 2.75) is 12.5 Å². The Balaban J connectivity index is 2.15. The van der Waals surface area contributed by atoms with Gasteiger partial charge in [-0.2, -0.15) is 0 Å². The van der Waals surface area contributed by atoms with Gasteiger partial charge in [0.1, 0.15) is 5.82 Å². The zero-order valence-corrected chi connectivity index (χ0v) is 11.9. The number of hydrogen-bond acceptors (Lipinski definition) is 3. The Hall–Kier alpha value is -1.46. The van der Waals surface area contributed by atoms with Crippen molar-refractivity contribution >= 4 is 15.9 Å². The van der Waals surface area contributed by atoms with E-state index in [0.29, 0.717) is 12.3 Å². The van der Waals surface area contributed by atoms with E-state index in [0.717, 1.165) is 10.0 Å². The molecule has 1 aromatic heterocycles. The summed E-state index contributed by atoms with van der Waals surface area (Å²) < 4.78 is 19.3. The molecule has 5 heteroatoms. The Kier molecular flexibility index (Phi) is 4.50. The van der Waals surface area contributed by atoms with E-state index >= 15 is 0 Å². The third-order valence-corrected chi connectivity index (χ3v) is 3.25. The van der Waals surface area contributed by atoms with Crippen LogP contribution in [0.15, 0.2) is 41.0 Å². The van der Waals surface area contributed by atoms with E-state index in [4.69, 9.17) is 4.74 Å². The first-order chi connectivity index (χ1) is 9.10. The van der Waals surface area contributed by atoms with Gasteiger partial charge in [0.25, 0.3) is 0 Å². The monoisotopic (exact) mass is 325 g/mol. The minimum Gasteiger partial charge on any atom is -0.481 e. The maximum absolute atomic E-state index is 13.6. The molecule has 2 rings (SSSR count). The Labute approximate surface area is 119 Å². The van der Waals surface area contributed by atoms with Gasteiger partial charge in [-0.25, -0.2) is 9.37 Å². The summed E-state index contributed by atoms with van der Waals surface area (Å²) in [7, 11) is 1.54. The molecule has 0 aliphatic rings. The Morgan fingerprint density at radius 2 is 2.16 bits per heavy atom. The molecule has 0 radical (unpaired) electrons. The van der Waals surface area contributed by atoms with E-state index in [1.165, 1.54) is 13.2 Å². The highest BCUT2D eigenvalue weighted by atomic mass is 79.9. The number of halogens is 2. The van der Waals surface area contributed by atoms with E-state index in [1.54, 1.807) is 30.5 Å². The molecule has 0 bridgehead atoms. The lowest BCUT2D eigenvalue weighted by Gasteiger charge is -2.12. The molecule has 1 heterocycles. The first-order valence-corrected chi connectivity index (χ1v) is 6.51. The van der Waals surface area contributed by atoms with Crippen molar-refractivity contribution < 1.29 is 14.2 Å². The van der Waals surface area contributed by atoms with Gasteiger partial charge in [0.05, 0.1) is 13.2 Å². The molecule has 100 valence electrons. The highest BCUT2D eigenvalue weighted by molar-refractivity contribution is 9.10. The first-order valence-electron chi connectivity index (χ1n) is 5.72. The summed E-state index contributed by atoms with van der Waals surface area (Å²) in [6.07, 6.45) is 0.996. The number of pyridine rings is 1. The Morgan fingerprint density at radius 1 is 1.37 bits per heavy atom. The van der Waals surface area contributed by atoms with Crippen molar-refractivity contribution in [1.29, 1.82) is 0 Å².